The molecule has 2 rings (SSSR count). The Kier molecular flexibility index (Phi) is 3.70. The van der Waals surface area contributed by atoms with E-state index in [0.29, 0.717) is 16.7 Å². The van der Waals surface area contributed by atoms with Crippen LogP contribution in [0.5, 0.6) is 0 Å². The molecule has 0 saturated heterocycles. The monoisotopic (exact) mass is 255 g/mol. The third-order valence-electron chi connectivity index (χ3n) is 1.84. The van der Waals surface area contributed by atoms with Gasteiger partial charge in [0.1, 0.15) is 12.3 Å². The Bertz CT molecular complexity index is 483. The molecule has 0 aliphatic heterocycles. The Balaban J connectivity index is 1.96. The lowest BCUT2D eigenvalue weighted by Crippen LogP contribution is -2.13. The van der Waals surface area contributed by atoms with Gasteiger partial charge in [-0.05, 0) is 10.4 Å². The highest BCUT2D eigenvalue weighted by atomic mass is 32.2. The molecule has 0 fully saturated rings. The molecule has 90 valence electrons. The van der Waals surface area contributed by atoms with Crippen LogP contribution in [0.4, 0.5) is 0 Å². The first kappa shape index (κ1) is 11.6. The quantitative estimate of drug-likeness (QED) is 0.549. The molecule has 0 saturated carbocycles. The number of esters is 1. The van der Waals surface area contributed by atoms with Crippen molar-refractivity contribution in [3.8, 4) is 0 Å². The summed E-state index contributed by atoms with van der Waals surface area (Å²) in [5, 5.41) is 15.1. The van der Waals surface area contributed by atoms with Gasteiger partial charge in [-0.3, -0.25) is 4.79 Å². The van der Waals surface area contributed by atoms with E-state index >= 15 is 0 Å². The lowest BCUT2D eigenvalue weighted by Gasteiger charge is -2.01. The first-order valence-corrected chi connectivity index (χ1v) is 5.63. The van der Waals surface area contributed by atoms with Crippen LogP contribution in [-0.4, -0.2) is 38.4 Å². The number of thioether (sulfide) groups is 1. The Morgan fingerprint density at radius 1 is 1.65 bits per heavy atom. The Hall–Kier alpha value is -1.90. The fraction of sp³-hybridized carbons (Fsp3) is 0.375. The van der Waals surface area contributed by atoms with Crippen LogP contribution in [0.2, 0.25) is 0 Å². The zero-order chi connectivity index (χ0) is 12.1. The highest BCUT2D eigenvalue weighted by Crippen LogP contribution is 2.19. The van der Waals surface area contributed by atoms with E-state index in [2.05, 4.69) is 25.4 Å². The fourth-order valence-corrected chi connectivity index (χ4v) is 1.80. The maximum absolute atomic E-state index is 11.1. The van der Waals surface area contributed by atoms with E-state index in [4.69, 9.17) is 4.52 Å². The standard InChI is InChI=1S/C8H9N5O3S/c1-15-7(14)4-13-8(10-11-12-13)17-5-6-2-3-9-16-6/h2-3H,4-5H2,1H3. The van der Waals surface area contributed by atoms with Gasteiger partial charge in [0.05, 0.1) is 19.1 Å². The number of carbonyl (C=O) groups excluding carboxylic acids is 1. The predicted octanol–water partition coefficient (Wildman–Crippen LogP) is 0.126. The van der Waals surface area contributed by atoms with Crippen LogP contribution in [0, 0.1) is 0 Å². The van der Waals surface area contributed by atoms with Crippen molar-refractivity contribution in [2.45, 2.75) is 17.5 Å². The van der Waals surface area contributed by atoms with Crippen molar-refractivity contribution in [1.82, 2.24) is 25.4 Å². The lowest BCUT2D eigenvalue weighted by atomic mass is 10.5. The summed E-state index contributed by atoms with van der Waals surface area (Å²) in [5.74, 6) is 0.850. The number of carbonyl (C=O) groups is 1. The number of nitrogens with zero attached hydrogens (tertiary/aromatic N) is 5. The van der Waals surface area contributed by atoms with Gasteiger partial charge in [-0.1, -0.05) is 16.9 Å². The normalized spacial score (nSPS) is 10.4. The van der Waals surface area contributed by atoms with Gasteiger partial charge in [0.15, 0.2) is 0 Å². The third kappa shape index (κ3) is 3.03. The SMILES string of the molecule is COC(=O)Cn1nnnc1SCc1ccno1. The van der Waals surface area contributed by atoms with Crippen molar-refractivity contribution in [3.05, 3.63) is 18.0 Å². The molecule has 0 aliphatic carbocycles. The molecule has 0 aromatic carbocycles. The highest BCUT2D eigenvalue weighted by Gasteiger charge is 2.11. The molecule has 2 aromatic heterocycles. The van der Waals surface area contributed by atoms with Gasteiger partial charge >= 0.3 is 5.97 Å². The van der Waals surface area contributed by atoms with Crippen LogP contribution in [0.1, 0.15) is 5.76 Å². The van der Waals surface area contributed by atoms with E-state index in [9.17, 15) is 4.79 Å². The summed E-state index contributed by atoms with van der Waals surface area (Å²) < 4.78 is 10.8. The molecular weight excluding hydrogens is 246 g/mol. The van der Waals surface area contributed by atoms with Crippen molar-refractivity contribution in [2.75, 3.05) is 7.11 Å². The predicted molar refractivity (Wildman–Crippen MR) is 55.9 cm³/mol. The van der Waals surface area contributed by atoms with Gasteiger partial charge in [-0.15, -0.1) is 5.10 Å². The first-order valence-electron chi connectivity index (χ1n) is 4.65. The molecule has 0 spiro atoms. The van der Waals surface area contributed by atoms with Crippen LogP contribution < -0.4 is 0 Å². The van der Waals surface area contributed by atoms with Crippen LogP contribution in [0.3, 0.4) is 0 Å². The number of aromatic nitrogens is 5. The van der Waals surface area contributed by atoms with Crippen molar-refractivity contribution in [1.29, 1.82) is 0 Å². The second-order valence-electron chi connectivity index (χ2n) is 2.96. The van der Waals surface area contributed by atoms with Gasteiger partial charge < -0.3 is 9.26 Å². The number of hydrogen-bond donors (Lipinski definition) is 0. The summed E-state index contributed by atoms with van der Waals surface area (Å²) in [5.41, 5.74) is 0. The van der Waals surface area contributed by atoms with E-state index in [1.54, 1.807) is 12.3 Å². The summed E-state index contributed by atoms with van der Waals surface area (Å²) in [4.78, 5) is 11.1. The Morgan fingerprint density at radius 3 is 3.24 bits per heavy atom. The number of ether oxygens (including phenoxy) is 1. The summed E-state index contributed by atoms with van der Waals surface area (Å²) >= 11 is 1.35. The third-order valence-corrected chi connectivity index (χ3v) is 2.82. The molecule has 17 heavy (non-hydrogen) atoms. The van der Waals surface area contributed by atoms with Gasteiger partial charge in [0.2, 0.25) is 5.16 Å². The molecule has 2 aromatic rings. The zero-order valence-electron chi connectivity index (χ0n) is 8.94. The zero-order valence-corrected chi connectivity index (χ0v) is 9.75. The first-order chi connectivity index (χ1) is 8.29. The molecule has 0 N–H and O–H groups in total. The van der Waals surface area contributed by atoms with E-state index in [1.807, 2.05) is 0 Å². The van der Waals surface area contributed by atoms with Crippen LogP contribution in [0.15, 0.2) is 21.9 Å². The van der Waals surface area contributed by atoms with E-state index in [-0.39, 0.29) is 6.54 Å². The average Bonchev–Trinajstić information content (AvgIpc) is 2.97. The van der Waals surface area contributed by atoms with E-state index < -0.39 is 5.97 Å². The fourth-order valence-electron chi connectivity index (χ4n) is 1.04. The average molecular weight is 255 g/mol. The molecule has 0 bridgehead atoms. The van der Waals surface area contributed by atoms with Crippen molar-refractivity contribution in [3.63, 3.8) is 0 Å². The summed E-state index contributed by atoms with van der Waals surface area (Å²) in [6.45, 7) is -0.0117. The maximum Gasteiger partial charge on any atom is 0.327 e. The van der Waals surface area contributed by atoms with E-state index in [0.717, 1.165) is 0 Å². The topological polar surface area (TPSA) is 95.9 Å². The molecule has 0 amide bonds. The molecule has 0 radical (unpaired) electrons. The summed E-state index contributed by atoms with van der Waals surface area (Å²) in [6.07, 6.45) is 1.56. The Morgan fingerprint density at radius 2 is 2.53 bits per heavy atom. The highest BCUT2D eigenvalue weighted by molar-refractivity contribution is 7.98. The van der Waals surface area contributed by atoms with E-state index in [1.165, 1.54) is 23.6 Å². The molecule has 0 atom stereocenters. The van der Waals surface area contributed by atoms with Crippen molar-refractivity contribution < 1.29 is 14.1 Å². The molecule has 0 unspecified atom stereocenters. The molecule has 2 heterocycles. The van der Waals surface area contributed by atoms with Gasteiger partial charge in [-0.2, -0.15) is 0 Å². The van der Waals surface area contributed by atoms with Gasteiger partial charge in [0.25, 0.3) is 0 Å². The Labute approximate surface area is 100 Å². The van der Waals surface area contributed by atoms with Crippen LogP contribution in [-0.2, 0) is 21.8 Å². The minimum Gasteiger partial charge on any atom is -0.468 e. The second kappa shape index (κ2) is 5.43. The maximum atomic E-state index is 11.1. The van der Waals surface area contributed by atoms with Crippen molar-refractivity contribution >= 4 is 17.7 Å². The molecular formula is C8H9N5O3S. The van der Waals surface area contributed by atoms with Gasteiger partial charge in [-0.25, -0.2) is 4.68 Å². The second-order valence-corrected chi connectivity index (χ2v) is 3.91. The minimum atomic E-state index is -0.404. The summed E-state index contributed by atoms with van der Waals surface area (Å²) in [7, 11) is 1.31. The molecule has 8 nitrogen and oxygen atoms in total. The van der Waals surface area contributed by atoms with Crippen molar-refractivity contribution in [2.24, 2.45) is 0 Å². The smallest absolute Gasteiger partial charge is 0.327 e. The lowest BCUT2D eigenvalue weighted by molar-refractivity contribution is -0.141. The number of rotatable bonds is 5. The van der Waals surface area contributed by atoms with Crippen LogP contribution >= 0.6 is 11.8 Å². The number of hydrogen-bond acceptors (Lipinski definition) is 8. The van der Waals surface area contributed by atoms with Gasteiger partial charge in [0, 0.05) is 6.07 Å². The summed E-state index contributed by atoms with van der Waals surface area (Å²) in [6, 6.07) is 1.75. The molecule has 0 aliphatic rings. The number of methoxy groups -OCH3 is 1. The number of tetrazole rings is 1. The largest absolute Gasteiger partial charge is 0.468 e. The van der Waals surface area contributed by atoms with Crippen LogP contribution in [0.25, 0.3) is 0 Å². The minimum absolute atomic E-state index is 0.0117. The molecule has 9 heteroatoms.